The Kier molecular flexibility index (Phi) is 4.18. The van der Waals surface area contributed by atoms with Gasteiger partial charge in [0.1, 0.15) is 5.69 Å². The molecule has 1 fully saturated rings. The van der Waals surface area contributed by atoms with E-state index < -0.39 is 0 Å². The quantitative estimate of drug-likeness (QED) is 0.888. The van der Waals surface area contributed by atoms with Gasteiger partial charge in [-0.15, -0.1) is 0 Å². The summed E-state index contributed by atoms with van der Waals surface area (Å²) in [5.74, 6) is 0.662. The standard InChI is InChI=1S/C14H21N3O/c1-3-6-15-12-4-7-16-13(9-12)14(18)17-8-5-11(2)10-17/h4,7,9,11H,3,5-6,8,10H2,1-2H3,(H,15,16). The molecular formula is C14H21N3O. The molecule has 1 aliphatic rings. The topological polar surface area (TPSA) is 45.2 Å². The van der Waals surface area contributed by atoms with Crippen molar-refractivity contribution < 1.29 is 4.79 Å². The molecule has 0 radical (unpaired) electrons. The number of hydrogen-bond donors (Lipinski definition) is 1. The van der Waals surface area contributed by atoms with Crippen LogP contribution in [0.4, 0.5) is 5.69 Å². The molecule has 1 saturated heterocycles. The van der Waals surface area contributed by atoms with Gasteiger partial charge < -0.3 is 10.2 Å². The summed E-state index contributed by atoms with van der Waals surface area (Å²) in [5, 5.41) is 3.28. The Bertz CT molecular complexity index is 419. The van der Waals surface area contributed by atoms with E-state index in [4.69, 9.17) is 0 Å². The van der Waals surface area contributed by atoms with Crippen LogP contribution in [0.5, 0.6) is 0 Å². The summed E-state index contributed by atoms with van der Waals surface area (Å²) in [4.78, 5) is 18.3. The van der Waals surface area contributed by atoms with E-state index in [2.05, 4.69) is 24.1 Å². The Morgan fingerprint density at radius 1 is 1.61 bits per heavy atom. The van der Waals surface area contributed by atoms with Crippen molar-refractivity contribution in [1.29, 1.82) is 0 Å². The lowest BCUT2D eigenvalue weighted by molar-refractivity contribution is 0.0782. The summed E-state index contributed by atoms with van der Waals surface area (Å²) in [6.45, 7) is 6.92. The highest BCUT2D eigenvalue weighted by molar-refractivity contribution is 5.93. The minimum Gasteiger partial charge on any atom is -0.385 e. The monoisotopic (exact) mass is 247 g/mol. The summed E-state index contributed by atoms with van der Waals surface area (Å²) in [6, 6.07) is 3.75. The smallest absolute Gasteiger partial charge is 0.272 e. The van der Waals surface area contributed by atoms with Crippen molar-refractivity contribution in [2.75, 3.05) is 25.0 Å². The lowest BCUT2D eigenvalue weighted by Crippen LogP contribution is -2.29. The molecule has 0 bridgehead atoms. The molecule has 2 rings (SSSR count). The van der Waals surface area contributed by atoms with Crippen LogP contribution in [-0.2, 0) is 0 Å². The van der Waals surface area contributed by atoms with E-state index in [0.717, 1.165) is 38.2 Å². The molecule has 18 heavy (non-hydrogen) atoms. The van der Waals surface area contributed by atoms with Crippen molar-refractivity contribution in [2.45, 2.75) is 26.7 Å². The molecule has 1 aliphatic heterocycles. The van der Waals surface area contributed by atoms with E-state index >= 15 is 0 Å². The number of amides is 1. The minimum atomic E-state index is 0.0551. The van der Waals surface area contributed by atoms with Crippen molar-refractivity contribution in [3.8, 4) is 0 Å². The molecule has 0 saturated carbocycles. The highest BCUT2D eigenvalue weighted by Crippen LogP contribution is 2.18. The van der Waals surface area contributed by atoms with Gasteiger partial charge in [-0.1, -0.05) is 13.8 Å². The van der Waals surface area contributed by atoms with Crippen LogP contribution in [-0.4, -0.2) is 35.4 Å². The molecule has 1 aromatic heterocycles. The number of likely N-dealkylation sites (tertiary alicyclic amines) is 1. The van der Waals surface area contributed by atoms with Gasteiger partial charge in [0.15, 0.2) is 0 Å². The van der Waals surface area contributed by atoms with E-state index in [-0.39, 0.29) is 5.91 Å². The molecule has 0 aromatic carbocycles. The number of carbonyl (C=O) groups excluding carboxylic acids is 1. The second-order valence-corrected chi connectivity index (χ2v) is 5.00. The van der Waals surface area contributed by atoms with E-state index in [1.165, 1.54) is 0 Å². The fraction of sp³-hybridized carbons (Fsp3) is 0.571. The summed E-state index contributed by atoms with van der Waals surface area (Å²) in [7, 11) is 0. The second-order valence-electron chi connectivity index (χ2n) is 5.00. The number of hydrogen-bond acceptors (Lipinski definition) is 3. The van der Waals surface area contributed by atoms with Crippen LogP contribution in [0.2, 0.25) is 0 Å². The van der Waals surface area contributed by atoms with Gasteiger partial charge in [0.2, 0.25) is 0 Å². The average molecular weight is 247 g/mol. The van der Waals surface area contributed by atoms with Gasteiger partial charge in [-0.25, -0.2) is 0 Å². The van der Waals surface area contributed by atoms with Gasteiger partial charge in [-0.3, -0.25) is 9.78 Å². The van der Waals surface area contributed by atoms with Crippen molar-refractivity contribution in [3.05, 3.63) is 24.0 Å². The SMILES string of the molecule is CCCNc1ccnc(C(=O)N2CCC(C)C2)c1. The molecule has 2 heterocycles. The van der Waals surface area contributed by atoms with Crippen LogP contribution in [0.3, 0.4) is 0 Å². The van der Waals surface area contributed by atoms with E-state index in [1.54, 1.807) is 6.20 Å². The van der Waals surface area contributed by atoms with E-state index in [0.29, 0.717) is 11.6 Å². The number of pyridine rings is 1. The molecule has 1 N–H and O–H groups in total. The highest BCUT2D eigenvalue weighted by atomic mass is 16.2. The number of aromatic nitrogens is 1. The highest BCUT2D eigenvalue weighted by Gasteiger charge is 2.24. The zero-order valence-corrected chi connectivity index (χ0v) is 11.1. The number of nitrogens with zero attached hydrogens (tertiary/aromatic N) is 2. The predicted molar refractivity (Wildman–Crippen MR) is 72.7 cm³/mol. The predicted octanol–water partition coefficient (Wildman–Crippen LogP) is 2.39. The van der Waals surface area contributed by atoms with Crippen LogP contribution in [0, 0.1) is 5.92 Å². The molecule has 1 aromatic rings. The largest absolute Gasteiger partial charge is 0.385 e. The molecule has 4 nitrogen and oxygen atoms in total. The number of nitrogens with one attached hydrogen (secondary N) is 1. The number of rotatable bonds is 4. The molecule has 0 aliphatic carbocycles. The lowest BCUT2D eigenvalue weighted by atomic mass is 10.2. The maximum absolute atomic E-state index is 12.3. The normalized spacial score (nSPS) is 19.0. The lowest BCUT2D eigenvalue weighted by Gasteiger charge is -2.15. The number of carbonyl (C=O) groups is 1. The van der Waals surface area contributed by atoms with Gasteiger partial charge in [0, 0.05) is 31.5 Å². The van der Waals surface area contributed by atoms with E-state index in [1.807, 2.05) is 17.0 Å². The van der Waals surface area contributed by atoms with Crippen LogP contribution >= 0.6 is 0 Å². The van der Waals surface area contributed by atoms with Crippen LogP contribution in [0.1, 0.15) is 37.2 Å². The Hall–Kier alpha value is -1.58. The molecule has 0 spiro atoms. The van der Waals surface area contributed by atoms with Gasteiger partial charge in [0.25, 0.3) is 5.91 Å². The minimum absolute atomic E-state index is 0.0551. The fourth-order valence-corrected chi connectivity index (χ4v) is 2.21. The first kappa shape index (κ1) is 12.9. The average Bonchev–Trinajstić information content (AvgIpc) is 2.82. The maximum atomic E-state index is 12.3. The third kappa shape index (κ3) is 3.00. The zero-order valence-electron chi connectivity index (χ0n) is 11.1. The van der Waals surface area contributed by atoms with Crippen molar-refractivity contribution in [3.63, 3.8) is 0 Å². The first-order valence-electron chi connectivity index (χ1n) is 6.70. The molecule has 1 atom stereocenters. The van der Waals surface area contributed by atoms with Crippen LogP contribution in [0.25, 0.3) is 0 Å². The van der Waals surface area contributed by atoms with Crippen molar-refractivity contribution in [1.82, 2.24) is 9.88 Å². The summed E-state index contributed by atoms with van der Waals surface area (Å²) >= 11 is 0. The van der Waals surface area contributed by atoms with Crippen molar-refractivity contribution in [2.24, 2.45) is 5.92 Å². The molecular weight excluding hydrogens is 226 g/mol. The third-order valence-corrected chi connectivity index (χ3v) is 3.27. The van der Waals surface area contributed by atoms with Gasteiger partial charge in [-0.2, -0.15) is 0 Å². The maximum Gasteiger partial charge on any atom is 0.272 e. The first-order valence-corrected chi connectivity index (χ1v) is 6.70. The molecule has 98 valence electrons. The Labute approximate surface area is 108 Å². The Balaban J connectivity index is 2.05. The van der Waals surface area contributed by atoms with Crippen LogP contribution in [0.15, 0.2) is 18.3 Å². The molecule has 1 amide bonds. The van der Waals surface area contributed by atoms with Gasteiger partial charge >= 0.3 is 0 Å². The summed E-state index contributed by atoms with van der Waals surface area (Å²) in [5.41, 5.74) is 1.52. The number of anilines is 1. The summed E-state index contributed by atoms with van der Waals surface area (Å²) in [6.07, 6.45) is 3.86. The van der Waals surface area contributed by atoms with Crippen LogP contribution < -0.4 is 5.32 Å². The van der Waals surface area contributed by atoms with Crippen molar-refractivity contribution >= 4 is 11.6 Å². The van der Waals surface area contributed by atoms with Gasteiger partial charge in [-0.05, 0) is 30.9 Å². The molecule has 1 unspecified atom stereocenters. The Morgan fingerprint density at radius 3 is 3.11 bits per heavy atom. The zero-order chi connectivity index (χ0) is 13.0. The third-order valence-electron chi connectivity index (χ3n) is 3.27. The second kappa shape index (κ2) is 5.85. The Morgan fingerprint density at radius 2 is 2.44 bits per heavy atom. The first-order chi connectivity index (χ1) is 8.70. The summed E-state index contributed by atoms with van der Waals surface area (Å²) < 4.78 is 0. The molecule has 4 heteroatoms. The fourth-order valence-electron chi connectivity index (χ4n) is 2.21. The van der Waals surface area contributed by atoms with E-state index in [9.17, 15) is 4.79 Å². The van der Waals surface area contributed by atoms with Gasteiger partial charge in [0.05, 0.1) is 0 Å².